The Morgan fingerprint density at radius 1 is 1.32 bits per heavy atom. The van der Waals surface area contributed by atoms with E-state index in [9.17, 15) is 8.42 Å². The van der Waals surface area contributed by atoms with E-state index >= 15 is 0 Å². The molecule has 102 valence electrons. The lowest BCUT2D eigenvalue weighted by atomic mass is 10.1. The van der Waals surface area contributed by atoms with E-state index in [1.807, 2.05) is 0 Å². The Hall–Kier alpha value is -1.63. The zero-order valence-corrected chi connectivity index (χ0v) is 11.3. The van der Waals surface area contributed by atoms with Gasteiger partial charge in [-0.2, -0.15) is 0 Å². The van der Waals surface area contributed by atoms with Gasteiger partial charge in [-0.25, -0.2) is 8.42 Å². The number of nitrogens with zero attached hydrogens (tertiary/aromatic N) is 3. The second-order valence-electron chi connectivity index (χ2n) is 5.00. The maximum atomic E-state index is 12.0. The van der Waals surface area contributed by atoms with Gasteiger partial charge in [-0.05, 0) is 25.0 Å². The van der Waals surface area contributed by atoms with Crippen molar-refractivity contribution in [3.8, 4) is 0 Å². The van der Waals surface area contributed by atoms with E-state index < -0.39 is 9.84 Å². The Labute approximate surface area is 111 Å². The molecule has 2 N–H and O–H groups in total. The number of pyridine rings is 1. The third-order valence-electron chi connectivity index (χ3n) is 3.62. The van der Waals surface area contributed by atoms with Crippen molar-refractivity contribution in [2.75, 3.05) is 11.5 Å². The lowest BCUT2D eigenvalue weighted by Crippen LogP contribution is -2.30. The smallest absolute Gasteiger partial charge is 0.160 e. The van der Waals surface area contributed by atoms with E-state index in [1.54, 1.807) is 22.7 Å². The van der Waals surface area contributed by atoms with Gasteiger partial charge in [-0.1, -0.05) is 6.42 Å². The third kappa shape index (κ3) is 2.30. The van der Waals surface area contributed by atoms with Crippen molar-refractivity contribution in [2.24, 2.45) is 0 Å². The molecule has 3 heterocycles. The number of aromatic nitrogens is 3. The van der Waals surface area contributed by atoms with Crippen molar-refractivity contribution in [1.82, 2.24) is 14.6 Å². The Balaban J connectivity index is 1.95. The summed E-state index contributed by atoms with van der Waals surface area (Å²) in [6.45, 7) is 0. The minimum absolute atomic E-state index is 0.288. The molecule has 3 rings (SSSR count). The number of nitrogens with two attached hydrogens (primary N) is 1. The molecule has 2 aromatic rings. The fourth-order valence-electron chi connectivity index (χ4n) is 2.55. The predicted molar refractivity (Wildman–Crippen MR) is 72.5 cm³/mol. The number of fused-ring (bicyclic) bond motifs is 1. The number of hydrogen-bond acceptors (Lipinski definition) is 5. The third-order valence-corrected chi connectivity index (χ3v) is 5.89. The molecule has 2 aromatic heterocycles. The maximum absolute atomic E-state index is 12.0. The highest BCUT2D eigenvalue weighted by Crippen LogP contribution is 2.23. The van der Waals surface area contributed by atoms with Crippen LogP contribution in [-0.2, 0) is 16.3 Å². The number of anilines is 1. The minimum atomic E-state index is -2.99. The first kappa shape index (κ1) is 12.4. The van der Waals surface area contributed by atoms with Gasteiger partial charge in [-0.3, -0.25) is 4.40 Å². The van der Waals surface area contributed by atoms with Gasteiger partial charge in [0.15, 0.2) is 15.5 Å². The van der Waals surface area contributed by atoms with E-state index in [1.165, 1.54) is 0 Å². The lowest BCUT2D eigenvalue weighted by molar-refractivity contribution is 0.533. The van der Waals surface area contributed by atoms with E-state index in [-0.39, 0.29) is 11.0 Å². The molecular formula is C12H16N4O2S. The highest BCUT2D eigenvalue weighted by Gasteiger charge is 2.30. The van der Waals surface area contributed by atoms with Crippen molar-refractivity contribution in [3.05, 3.63) is 24.2 Å². The summed E-state index contributed by atoms with van der Waals surface area (Å²) in [5.41, 5.74) is 7.05. The minimum Gasteiger partial charge on any atom is -0.398 e. The highest BCUT2D eigenvalue weighted by atomic mass is 32.2. The molecule has 0 spiro atoms. The molecule has 6 nitrogen and oxygen atoms in total. The Kier molecular flexibility index (Phi) is 2.93. The van der Waals surface area contributed by atoms with Gasteiger partial charge in [0.2, 0.25) is 0 Å². The number of hydrogen-bond donors (Lipinski definition) is 1. The van der Waals surface area contributed by atoms with E-state index in [4.69, 9.17) is 5.73 Å². The topological polar surface area (TPSA) is 90.3 Å². The zero-order chi connectivity index (χ0) is 13.5. The Morgan fingerprint density at radius 2 is 2.16 bits per heavy atom. The van der Waals surface area contributed by atoms with Gasteiger partial charge < -0.3 is 5.73 Å². The maximum Gasteiger partial charge on any atom is 0.160 e. The lowest BCUT2D eigenvalue weighted by Gasteiger charge is -2.21. The number of nitrogen functional groups attached to an aromatic ring is 1. The van der Waals surface area contributed by atoms with Crippen LogP contribution in [0.2, 0.25) is 0 Å². The monoisotopic (exact) mass is 280 g/mol. The average Bonchev–Trinajstić information content (AvgIpc) is 2.74. The van der Waals surface area contributed by atoms with Gasteiger partial charge in [0, 0.05) is 18.3 Å². The van der Waals surface area contributed by atoms with E-state index in [0.717, 1.165) is 12.8 Å². The Bertz CT molecular complexity index is 708. The van der Waals surface area contributed by atoms with Crippen molar-refractivity contribution in [3.63, 3.8) is 0 Å². The Morgan fingerprint density at radius 3 is 2.95 bits per heavy atom. The van der Waals surface area contributed by atoms with Gasteiger partial charge >= 0.3 is 0 Å². The summed E-state index contributed by atoms with van der Waals surface area (Å²) < 4.78 is 25.8. The molecule has 0 bridgehead atoms. The normalized spacial score (nSPS) is 22.6. The van der Waals surface area contributed by atoms with E-state index in [2.05, 4.69) is 10.2 Å². The SMILES string of the molecule is Nc1ccc2nnc(CC3CCCCS3(=O)=O)n2c1. The van der Waals surface area contributed by atoms with Crippen LogP contribution in [0.5, 0.6) is 0 Å². The number of rotatable bonds is 2. The fraction of sp³-hybridized carbons (Fsp3) is 0.500. The molecule has 0 amide bonds. The van der Waals surface area contributed by atoms with Crippen LogP contribution in [0.25, 0.3) is 5.65 Å². The van der Waals surface area contributed by atoms with E-state index in [0.29, 0.717) is 30.0 Å². The van der Waals surface area contributed by atoms with Crippen LogP contribution < -0.4 is 5.73 Å². The summed E-state index contributed by atoms with van der Waals surface area (Å²) in [5, 5.41) is 7.79. The summed E-state index contributed by atoms with van der Waals surface area (Å²) in [7, 11) is -2.99. The van der Waals surface area contributed by atoms with Crippen LogP contribution in [0.1, 0.15) is 25.1 Å². The largest absolute Gasteiger partial charge is 0.398 e. The second-order valence-corrected chi connectivity index (χ2v) is 7.40. The molecule has 1 fully saturated rings. The standard InChI is InChI=1S/C12H16N4O2S/c13-9-4-5-11-14-15-12(16(11)8-9)7-10-3-1-2-6-19(10,17)18/h4-5,8,10H,1-3,6-7,13H2. The van der Waals surface area contributed by atoms with Crippen LogP contribution >= 0.6 is 0 Å². The number of sulfone groups is 1. The highest BCUT2D eigenvalue weighted by molar-refractivity contribution is 7.92. The zero-order valence-electron chi connectivity index (χ0n) is 10.5. The van der Waals surface area contributed by atoms with Gasteiger partial charge in [0.1, 0.15) is 5.82 Å². The predicted octanol–water partition coefficient (Wildman–Crippen LogP) is 0.821. The van der Waals surface area contributed by atoms with Crippen molar-refractivity contribution in [1.29, 1.82) is 0 Å². The molecule has 1 unspecified atom stereocenters. The van der Waals surface area contributed by atoms with Crippen molar-refractivity contribution >= 4 is 21.2 Å². The first-order valence-corrected chi connectivity index (χ1v) is 8.08. The second kappa shape index (κ2) is 4.48. The summed E-state index contributed by atoms with van der Waals surface area (Å²) in [4.78, 5) is 0. The molecule has 1 aliphatic heterocycles. The summed E-state index contributed by atoms with van der Waals surface area (Å²) in [6, 6.07) is 3.53. The average molecular weight is 280 g/mol. The summed E-state index contributed by atoms with van der Waals surface area (Å²) in [5.74, 6) is 0.953. The molecule has 0 radical (unpaired) electrons. The fourth-order valence-corrected chi connectivity index (χ4v) is 4.42. The molecule has 1 aliphatic rings. The van der Waals surface area contributed by atoms with Crippen LogP contribution in [-0.4, -0.2) is 34.0 Å². The van der Waals surface area contributed by atoms with Crippen molar-refractivity contribution < 1.29 is 8.42 Å². The summed E-state index contributed by atoms with van der Waals surface area (Å²) >= 11 is 0. The van der Waals surface area contributed by atoms with Crippen LogP contribution in [0, 0.1) is 0 Å². The van der Waals surface area contributed by atoms with Gasteiger partial charge in [0.05, 0.1) is 11.0 Å². The first-order chi connectivity index (χ1) is 9.06. The van der Waals surface area contributed by atoms with Crippen LogP contribution in [0.15, 0.2) is 18.3 Å². The first-order valence-electron chi connectivity index (χ1n) is 6.37. The van der Waals surface area contributed by atoms with Crippen molar-refractivity contribution in [2.45, 2.75) is 30.9 Å². The molecule has 0 saturated carbocycles. The molecule has 19 heavy (non-hydrogen) atoms. The molecule has 1 saturated heterocycles. The molecule has 0 aromatic carbocycles. The van der Waals surface area contributed by atoms with Gasteiger partial charge in [-0.15, -0.1) is 10.2 Å². The van der Waals surface area contributed by atoms with Crippen LogP contribution in [0.3, 0.4) is 0 Å². The molecular weight excluding hydrogens is 264 g/mol. The molecule has 7 heteroatoms. The summed E-state index contributed by atoms with van der Waals surface area (Å²) in [6.07, 6.45) is 4.59. The van der Waals surface area contributed by atoms with Gasteiger partial charge in [0.25, 0.3) is 0 Å². The molecule has 0 aliphatic carbocycles. The quantitative estimate of drug-likeness (QED) is 0.879. The van der Waals surface area contributed by atoms with Crippen LogP contribution in [0.4, 0.5) is 5.69 Å². The molecule has 1 atom stereocenters.